The standard InChI is InChI=1S/C34H40B2O4.C2H6/c1-21-19-27(35-37-31(3,4)32(5,6)38-35)23-15-11-13-17-25(23)29(21)30-22(2)20-28(24-16-12-14-18-26(24)30)36-39-33(7,8)34(9,10)40-36;1-2/h11-20H,1-10H3;1-2H3. The van der Waals surface area contributed by atoms with Gasteiger partial charge in [-0.3, -0.25) is 0 Å². The normalized spacial score (nSPS) is 20.2. The van der Waals surface area contributed by atoms with Crippen molar-refractivity contribution in [2.24, 2.45) is 0 Å². The Morgan fingerprint density at radius 3 is 1.00 bits per heavy atom. The highest BCUT2D eigenvalue weighted by atomic mass is 16.7. The molecule has 0 saturated carbocycles. The van der Waals surface area contributed by atoms with Gasteiger partial charge in [0.15, 0.2) is 0 Å². The van der Waals surface area contributed by atoms with E-state index in [2.05, 4.69) is 130 Å². The van der Waals surface area contributed by atoms with Gasteiger partial charge in [0, 0.05) is 0 Å². The van der Waals surface area contributed by atoms with Crippen LogP contribution in [0.25, 0.3) is 32.7 Å². The summed E-state index contributed by atoms with van der Waals surface area (Å²) >= 11 is 0. The van der Waals surface area contributed by atoms with Gasteiger partial charge in [0.05, 0.1) is 22.4 Å². The third-order valence-electron chi connectivity index (χ3n) is 9.81. The molecule has 2 aliphatic rings. The summed E-state index contributed by atoms with van der Waals surface area (Å²) in [6, 6.07) is 21.8. The highest BCUT2D eigenvalue weighted by molar-refractivity contribution is 6.66. The summed E-state index contributed by atoms with van der Waals surface area (Å²) < 4.78 is 26.0. The minimum atomic E-state index is -0.425. The second-order valence-electron chi connectivity index (χ2n) is 13.6. The zero-order valence-corrected chi connectivity index (χ0v) is 27.6. The number of rotatable bonds is 3. The van der Waals surface area contributed by atoms with Gasteiger partial charge < -0.3 is 18.6 Å². The van der Waals surface area contributed by atoms with Crippen molar-refractivity contribution in [2.75, 3.05) is 0 Å². The molecule has 0 unspecified atom stereocenters. The van der Waals surface area contributed by atoms with Gasteiger partial charge in [-0.25, -0.2) is 0 Å². The minimum Gasteiger partial charge on any atom is -0.399 e. The van der Waals surface area contributed by atoms with Gasteiger partial charge in [-0.1, -0.05) is 74.5 Å². The molecule has 2 aliphatic heterocycles. The van der Waals surface area contributed by atoms with E-state index < -0.39 is 36.6 Å². The zero-order chi connectivity index (χ0) is 30.8. The lowest BCUT2D eigenvalue weighted by Crippen LogP contribution is -2.41. The molecule has 0 amide bonds. The molecule has 0 bridgehead atoms. The molecule has 0 spiro atoms. The molecule has 6 rings (SSSR count). The van der Waals surface area contributed by atoms with Gasteiger partial charge in [-0.05, 0) is 124 Å². The van der Waals surface area contributed by atoms with Crippen LogP contribution in [0.1, 0.15) is 80.4 Å². The Hall–Kier alpha value is -2.63. The summed E-state index contributed by atoms with van der Waals surface area (Å²) in [5, 5.41) is 4.70. The minimum absolute atomic E-state index is 0.401. The first-order valence-corrected chi connectivity index (χ1v) is 15.4. The molecule has 0 aliphatic carbocycles. The second kappa shape index (κ2) is 10.5. The SMILES string of the molecule is CC.Cc1cc(B2OC(C)(C)C(C)(C)O2)c2ccccc2c1-c1c(C)cc(B2OC(C)(C)C(C)(C)O2)c2ccccc12. The van der Waals surface area contributed by atoms with Crippen molar-refractivity contribution in [3.8, 4) is 11.1 Å². The fourth-order valence-electron chi connectivity index (χ4n) is 6.09. The van der Waals surface area contributed by atoms with Crippen LogP contribution >= 0.6 is 0 Å². The molecular weight excluding hydrogens is 518 g/mol. The van der Waals surface area contributed by atoms with Crippen molar-refractivity contribution in [1.29, 1.82) is 0 Å². The molecule has 2 saturated heterocycles. The molecule has 6 heteroatoms. The maximum absolute atomic E-state index is 6.51. The molecule has 4 aromatic rings. The van der Waals surface area contributed by atoms with Crippen LogP contribution in [-0.4, -0.2) is 36.6 Å². The van der Waals surface area contributed by atoms with Crippen molar-refractivity contribution in [3.63, 3.8) is 0 Å². The summed E-state index contributed by atoms with van der Waals surface area (Å²) in [4.78, 5) is 0. The van der Waals surface area contributed by atoms with Crippen molar-refractivity contribution < 1.29 is 18.6 Å². The summed E-state index contributed by atoms with van der Waals surface area (Å²) in [6.45, 7) is 25.2. The molecule has 42 heavy (non-hydrogen) atoms. The molecule has 220 valence electrons. The Balaban J connectivity index is 0.00000173. The van der Waals surface area contributed by atoms with Crippen LogP contribution in [0.15, 0.2) is 60.7 Å². The maximum Gasteiger partial charge on any atom is 0.495 e. The summed E-state index contributed by atoms with van der Waals surface area (Å²) in [6.07, 6.45) is 0. The first kappa shape index (κ1) is 30.8. The first-order valence-electron chi connectivity index (χ1n) is 15.4. The van der Waals surface area contributed by atoms with Crippen LogP contribution in [0, 0.1) is 13.8 Å². The average molecular weight is 564 g/mol. The van der Waals surface area contributed by atoms with E-state index in [1.54, 1.807) is 0 Å². The largest absolute Gasteiger partial charge is 0.495 e. The first-order chi connectivity index (χ1) is 19.6. The van der Waals surface area contributed by atoms with E-state index in [1.165, 1.54) is 33.0 Å². The molecule has 4 nitrogen and oxygen atoms in total. The number of aryl methyl sites for hydroxylation is 2. The topological polar surface area (TPSA) is 36.9 Å². The molecule has 0 N–H and O–H groups in total. The second-order valence-corrected chi connectivity index (χ2v) is 13.6. The van der Waals surface area contributed by atoms with Crippen LogP contribution in [-0.2, 0) is 18.6 Å². The van der Waals surface area contributed by atoms with E-state index in [1.807, 2.05) is 13.8 Å². The Kier molecular flexibility index (Phi) is 7.72. The Morgan fingerprint density at radius 1 is 0.452 bits per heavy atom. The lowest BCUT2D eigenvalue weighted by Gasteiger charge is -2.32. The highest BCUT2D eigenvalue weighted by Crippen LogP contribution is 2.42. The van der Waals surface area contributed by atoms with Crippen LogP contribution < -0.4 is 10.9 Å². The van der Waals surface area contributed by atoms with Gasteiger partial charge in [0.1, 0.15) is 0 Å². The number of fused-ring (bicyclic) bond motifs is 2. The van der Waals surface area contributed by atoms with Crippen molar-refractivity contribution in [1.82, 2.24) is 0 Å². The third kappa shape index (κ3) is 4.81. The van der Waals surface area contributed by atoms with Crippen molar-refractivity contribution in [3.05, 3.63) is 71.8 Å². The summed E-state index contributed by atoms with van der Waals surface area (Å²) in [5.74, 6) is 0. The Labute approximate surface area is 253 Å². The van der Waals surface area contributed by atoms with E-state index in [9.17, 15) is 0 Å². The predicted molar refractivity (Wildman–Crippen MR) is 179 cm³/mol. The Bertz CT molecular complexity index is 1500. The number of hydrogen-bond donors (Lipinski definition) is 0. The maximum atomic E-state index is 6.51. The molecule has 2 heterocycles. The third-order valence-corrected chi connectivity index (χ3v) is 9.81. The molecule has 0 aromatic heterocycles. The molecule has 0 atom stereocenters. The highest BCUT2D eigenvalue weighted by Gasteiger charge is 2.53. The quantitative estimate of drug-likeness (QED) is 0.237. The van der Waals surface area contributed by atoms with E-state index >= 15 is 0 Å². The van der Waals surface area contributed by atoms with E-state index in [0.29, 0.717) is 0 Å². The lowest BCUT2D eigenvalue weighted by atomic mass is 9.71. The zero-order valence-electron chi connectivity index (χ0n) is 27.6. The van der Waals surface area contributed by atoms with Crippen molar-refractivity contribution in [2.45, 2.75) is 105 Å². The van der Waals surface area contributed by atoms with Gasteiger partial charge in [-0.2, -0.15) is 0 Å². The summed E-state index contributed by atoms with van der Waals surface area (Å²) in [5.41, 5.74) is 5.42. The van der Waals surface area contributed by atoms with E-state index in [-0.39, 0.29) is 0 Å². The van der Waals surface area contributed by atoms with Gasteiger partial charge in [0.25, 0.3) is 0 Å². The smallest absolute Gasteiger partial charge is 0.399 e. The van der Waals surface area contributed by atoms with Crippen LogP contribution in [0.3, 0.4) is 0 Å². The van der Waals surface area contributed by atoms with E-state index in [0.717, 1.165) is 21.7 Å². The van der Waals surface area contributed by atoms with Gasteiger partial charge in [0.2, 0.25) is 0 Å². The van der Waals surface area contributed by atoms with Crippen LogP contribution in [0.2, 0.25) is 0 Å². The van der Waals surface area contributed by atoms with Gasteiger partial charge in [-0.15, -0.1) is 0 Å². The molecule has 2 fully saturated rings. The van der Waals surface area contributed by atoms with Crippen molar-refractivity contribution >= 4 is 46.7 Å². The number of benzene rings is 4. The summed E-state index contributed by atoms with van der Waals surface area (Å²) in [7, 11) is -0.850. The van der Waals surface area contributed by atoms with Crippen LogP contribution in [0.4, 0.5) is 0 Å². The fraction of sp³-hybridized carbons (Fsp3) is 0.444. The van der Waals surface area contributed by atoms with Gasteiger partial charge >= 0.3 is 14.2 Å². The van der Waals surface area contributed by atoms with Crippen LogP contribution in [0.5, 0.6) is 0 Å². The average Bonchev–Trinajstić information content (AvgIpc) is 3.29. The molecule has 0 radical (unpaired) electrons. The molecule has 4 aromatic carbocycles. The van der Waals surface area contributed by atoms with E-state index in [4.69, 9.17) is 18.6 Å². The Morgan fingerprint density at radius 2 is 0.714 bits per heavy atom. The lowest BCUT2D eigenvalue weighted by molar-refractivity contribution is 0.00578. The monoisotopic (exact) mass is 564 g/mol. The number of hydrogen-bond acceptors (Lipinski definition) is 4. The fourth-order valence-corrected chi connectivity index (χ4v) is 6.09. The predicted octanol–water partition coefficient (Wildman–Crippen LogP) is 7.90. The molecular formula is C36H46B2O4.